The molecule has 1 aromatic rings. The van der Waals surface area contributed by atoms with Crippen molar-refractivity contribution in [3.8, 4) is 0 Å². The highest BCUT2D eigenvalue weighted by Gasteiger charge is 2.53. The van der Waals surface area contributed by atoms with E-state index in [9.17, 15) is 0 Å². The Hall–Kier alpha value is -0.820. The molecule has 3 rings (SSSR count). The lowest BCUT2D eigenvalue weighted by molar-refractivity contribution is 0.427. The molecule has 2 saturated carbocycles. The highest BCUT2D eigenvalue weighted by atomic mass is 14.9. The molecule has 21 heavy (non-hydrogen) atoms. The number of fused-ring (bicyclic) bond motifs is 1. The van der Waals surface area contributed by atoms with Gasteiger partial charge in [-0.25, -0.2) is 0 Å². The van der Waals surface area contributed by atoms with Gasteiger partial charge in [-0.3, -0.25) is 0 Å². The molecule has 0 heterocycles. The average Bonchev–Trinajstić information content (AvgIpc) is 3.21. The molecule has 3 unspecified atom stereocenters. The monoisotopic (exact) mass is 285 g/mol. The molecular formula is C20H31N. The van der Waals surface area contributed by atoms with Crippen LogP contribution in [0.1, 0.15) is 55.7 Å². The van der Waals surface area contributed by atoms with Crippen LogP contribution in [0.2, 0.25) is 0 Å². The molecule has 1 aromatic carbocycles. The van der Waals surface area contributed by atoms with Crippen molar-refractivity contribution in [1.82, 2.24) is 5.32 Å². The maximum absolute atomic E-state index is 3.88. The van der Waals surface area contributed by atoms with E-state index in [1.807, 2.05) is 0 Å². The van der Waals surface area contributed by atoms with Gasteiger partial charge in [0.15, 0.2) is 0 Å². The molecule has 116 valence electrons. The summed E-state index contributed by atoms with van der Waals surface area (Å²) < 4.78 is 0. The van der Waals surface area contributed by atoms with Gasteiger partial charge in [-0.05, 0) is 75.0 Å². The average molecular weight is 285 g/mol. The molecule has 3 atom stereocenters. The number of hydrogen-bond donors (Lipinski definition) is 1. The first-order valence-electron chi connectivity index (χ1n) is 9.00. The Balaban J connectivity index is 1.72. The van der Waals surface area contributed by atoms with Gasteiger partial charge in [-0.1, -0.05) is 43.5 Å². The van der Waals surface area contributed by atoms with Gasteiger partial charge in [-0.15, -0.1) is 0 Å². The molecule has 0 aliphatic heterocycles. The predicted octanol–water partition coefficient (Wildman–Crippen LogP) is 4.65. The number of benzene rings is 1. The third kappa shape index (κ3) is 3.34. The first-order valence-corrected chi connectivity index (χ1v) is 9.00. The predicted molar refractivity (Wildman–Crippen MR) is 90.6 cm³/mol. The molecule has 2 aliphatic rings. The zero-order chi connectivity index (χ0) is 14.8. The van der Waals surface area contributed by atoms with Gasteiger partial charge in [0.25, 0.3) is 0 Å². The van der Waals surface area contributed by atoms with Crippen molar-refractivity contribution in [2.45, 2.75) is 65.3 Å². The quantitative estimate of drug-likeness (QED) is 0.802. The topological polar surface area (TPSA) is 12.0 Å². The fourth-order valence-electron chi connectivity index (χ4n) is 4.58. The highest BCUT2D eigenvalue weighted by Crippen LogP contribution is 2.57. The van der Waals surface area contributed by atoms with E-state index >= 15 is 0 Å². The zero-order valence-electron chi connectivity index (χ0n) is 14.0. The van der Waals surface area contributed by atoms with Crippen molar-refractivity contribution in [2.75, 3.05) is 6.54 Å². The highest BCUT2D eigenvalue weighted by molar-refractivity contribution is 5.31. The van der Waals surface area contributed by atoms with E-state index in [0.29, 0.717) is 6.04 Å². The van der Waals surface area contributed by atoms with E-state index in [4.69, 9.17) is 0 Å². The normalized spacial score (nSPS) is 29.0. The maximum Gasteiger partial charge on any atom is 0.0141 e. The first kappa shape index (κ1) is 15.1. The van der Waals surface area contributed by atoms with Gasteiger partial charge in [0.05, 0.1) is 0 Å². The van der Waals surface area contributed by atoms with E-state index in [0.717, 1.165) is 17.8 Å². The summed E-state index contributed by atoms with van der Waals surface area (Å²) in [5.74, 6) is 3.04. The molecule has 0 saturated heterocycles. The van der Waals surface area contributed by atoms with E-state index in [1.165, 1.54) is 56.2 Å². The molecule has 0 spiro atoms. The maximum atomic E-state index is 3.88. The summed E-state index contributed by atoms with van der Waals surface area (Å²) in [5.41, 5.74) is 4.43. The summed E-state index contributed by atoms with van der Waals surface area (Å²) in [4.78, 5) is 0. The summed E-state index contributed by atoms with van der Waals surface area (Å²) in [5, 5.41) is 3.88. The third-order valence-electron chi connectivity index (χ3n) is 5.79. The second-order valence-electron chi connectivity index (χ2n) is 7.38. The van der Waals surface area contributed by atoms with Gasteiger partial charge in [-0.2, -0.15) is 0 Å². The molecule has 1 nitrogen and oxygen atoms in total. The molecule has 2 fully saturated rings. The van der Waals surface area contributed by atoms with Crippen molar-refractivity contribution < 1.29 is 0 Å². The largest absolute Gasteiger partial charge is 0.313 e. The second-order valence-corrected chi connectivity index (χ2v) is 7.38. The van der Waals surface area contributed by atoms with Crippen LogP contribution in [0.4, 0.5) is 0 Å². The minimum atomic E-state index is 0.707. The van der Waals surface area contributed by atoms with E-state index < -0.39 is 0 Å². The fraction of sp³-hybridized carbons (Fsp3) is 0.700. The standard InChI is InChI=1S/C20H31N/c1-4-11-21-19(20-17-7-5-6-8-18(17)20)13-16-12-14(2)9-10-15(16)3/h9-10,12,17-21H,4-8,11,13H2,1-3H3. The van der Waals surface area contributed by atoms with Crippen molar-refractivity contribution in [3.05, 3.63) is 34.9 Å². The number of hydrogen-bond acceptors (Lipinski definition) is 1. The number of nitrogens with one attached hydrogen (secondary N) is 1. The number of aryl methyl sites for hydroxylation is 2. The Morgan fingerprint density at radius 3 is 2.52 bits per heavy atom. The fourth-order valence-corrected chi connectivity index (χ4v) is 4.58. The van der Waals surface area contributed by atoms with Crippen LogP contribution in [-0.2, 0) is 6.42 Å². The molecule has 2 aliphatic carbocycles. The Labute approximate surface area is 130 Å². The third-order valence-corrected chi connectivity index (χ3v) is 5.79. The van der Waals surface area contributed by atoms with Crippen LogP contribution in [0.3, 0.4) is 0 Å². The van der Waals surface area contributed by atoms with Crippen molar-refractivity contribution in [3.63, 3.8) is 0 Å². The lowest BCUT2D eigenvalue weighted by atomic mass is 9.95. The van der Waals surface area contributed by atoms with Gasteiger partial charge < -0.3 is 5.32 Å². The van der Waals surface area contributed by atoms with Crippen LogP contribution in [0.5, 0.6) is 0 Å². The van der Waals surface area contributed by atoms with Gasteiger partial charge in [0.1, 0.15) is 0 Å². The Morgan fingerprint density at radius 2 is 1.86 bits per heavy atom. The molecule has 0 radical (unpaired) electrons. The van der Waals surface area contributed by atoms with Gasteiger partial charge in [0.2, 0.25) is 0 Å². The molecule has 0 aromatic heterocycles. The van der Waals surface area contributed by atoms with Crippen LogP contribution in [0.15, 0.2) is 18.2 Å². The molecular weight excluding hydrogens is 254 g/mol. The van der Waals surface area contributed by atoms with Crippen LogP contribution < -0.4 is 5.32 Å². The number of rotatable bonds is 6. The SMILES string of the molecule is CCCNC(Cc1cc(C)ccc1C)C1C2CCCCC21. The minimum Gasteiger partial charge on any atom is -0.313 e. The van der Waals surface area contributed by atoms with E-state index in [-0.39, 0.29) is 0 Å². The Kier molecular flexibility index (Phi) is 4.69. The molecule has 1 N–H and O–H groups in total. The van der Waals surface area contributed by atoms with E-state index in [2.05, 4.69) is 44.3 Å². The summed E-state index contributed by atoms with van der Waals surface area (Å²) >= 11 is 0. The van der Waals surface area contributed by atoms with Gasteiger partial charge in [0, 0.05) is 6.04 Å². The van der Waals surface area contributed by atoms with Crippen molar-refractivity contribution >= 4 is 0 Å². The minimum absolute atomic E-state index is 0.707. The molecule has 0 bridgehead atoms. The van der Waals surface area contributed by atoms with Crippen LogP contribution in [0, 0.1) is 31.6 Å². The summed E-state index contributed by atoms with van der Waals surface area (Å²) in [6, 6.07) is 7.65. The molecule has 0 amide bonds. The van der Waals surface area contributed by atoms with Crippen LogP contribution in [-0.4, -0.2) is 12.6 Å². The van der Waals surface area contributed by atoms with E-state index in [1.54, 1.807) is 5.56 Å². The Bertz CT molecular complexity index is 467. The second kappa shape index (κ2) is 6.52. The summed E-state index contributed by atoms with van der Waals surface area (Å²) in [6.07, 6.45) is 8.40. The van der Waals surface area contributed by atoms with Crippen LogP contribution >= 0.6 is 0 Å². The lowest BCUT2D eigenvalue weighted by Crippen LogP contribution is -2.35. The van der Waals surface area contributed by atoms with Crippen molar-refractivity contribution in [1.29, 1.82) is 0 Å². The first-order chi connectivity index (χ1) is 10.2. The summed E-state index contributed by atoms with van der Waals surface area (Å²) in [7, 11) is 0. The zero-order valence-corrected chi connectivity index (χ0v) is 14.0. The smallest absolute Gasteiger partial charge is 0.0141 e. The summed E-state index contributed by atoms with van der Waals surface area (Å²) in [6.45, 7) is 7.94. The molecule has 1 heteroatoms. The van der Waals surface area contributed by atoms with Crippen molar-refractivity contribution in [2.24, 2.45) is 17.8 Å². The Morgan fingerprint density at radius 1 is 1.14 bits per heavy atom. The van der Waals surface area contributed by atoms with Gasteiger partial charge >= 0.3 is 0 Å². The lowest BCUT2D eigenvalue weighted by Gasteiger charge is -2.21. The van der Waals surface area contributed by atoms with Crippen LogP contribution in [0.25, 0.3) is 0 Å².